The molecule has 0 bridgehead atoms. The van der Waals surface area contributed by atoms with Crippen molar-refractivity contribution in [2.75, 3.05) is 6.61 Å². The molecule has 64 heavy (non-hydrogen) atoms. The second-order valence-corrected chi connectivity index (χ2v) is 15.4. The lowest BCUT2D eigenvalue weighted by Gasteiger charge is -2.45. The van der Waals surface area contributed by atoms with Crippen molar-refractivity contribution >= 4 is 23.0 Å². The topological polar surface area (TPSA) is 355 Å². The molecule has 3 aliphatic heterocycles. The number of phenols is 4. The maximum atomic E-state index is 14.5. The molecule has 1 aromatic heterocycles. The zero-order valence-corrected chi connectivity index (χ0v) is 33.7. The van der Waals surface area contributed by atoms with Gasteiger partial charge in [-0.3, -0.25) is 4.79 Å². The van der Waals surface area contributed by atoms with E-state index in [0.29, 0.717) is 5.56 Å². The average molecular weight is 903 g/mol. The SMILES string of the molecule is CC1OC(O[C@H]2C(O)[C@H](O)C(COC(=O)/C=C/c3ccc(O)c(O)c3)O[C@H]2Oc2c(-c3ccc(O)cc3)oc3cc(O[C@@H]4OC(C)[C@H](O)C(O)[C@@H]4O)cc(O)c3c2=O)[C@@H](O)C(O)[C@H]1O. The molecule has 22 heteroatoms. The Morgan fingerprint density at radius 2 is 1.30 bits per heavy atom. The van der Waals surface area contributed by atoms with E-state index in [4.69, 9.17) is 37.6 Å². The Kier molecular flexibility index (Phi) is 13.7. The van der Waals surface area contributed by atoms with E-state index in [1.165, 1.54) is 56.3 Å². The molecule has 3 aromatic carbocycles. The van der Waals surface area contributed by atoms with Gasteiger partial charge in [-0.1, -0.05) is 6.07 Å². The van der Waals surface area contributed by atoms with E-state index in [-0.39, 0.29) is 22.6 Å². The molecule has 3 saturated heterocycles. The molecule has 0 radical (unpaired) electrons. The van der Waals surface area contributed by atoms with E-state index in [2.05, 4.69) is 0 Å². The van der Waals surface area contributed by atoms with E-state index < -0.39 is 144 Å². The van der Waals surface area contributed by atoms with Gasteiger partial charge >= 0.3 is 5.97 Å². The van der Waals surface area contributed by atoms with E-state index in [0.717, 1.165) is 24.3 Å². The number of hydrogen-bond donors (Lipinski definition) is 12. The van der Waals surface area contributed by atoms with Gasteiger partial charge in [0, 0.05) is 23.8 Å². The molecular formula is C42H46O22. The van der Waals surface area contributed by atoms with Gasteiger partial charge in [0.05, 0.1) is 12.2 Å². The molecule has 4 heterocycles. The molecule has 0 spiro atoms. The van der Waals surface area contributed by atoms with Crippen LogP contribution in [0.25, 0.3) is 28.4 Å². The van der Waals surface area contributed by atoms with Crippen molar-refractivity contribution in [3.8, 4) is 45.8 Å². The number of carbonyl (C=O) groups excluding carboxylic acids is 1. The Morgan fingerprint density at radius 3 is 1.95 bits per heavy atom. The molecule has 0 amide bonds. The second-order valence-electron chi connectivity index (χ2n) is 15.4. The lowest BCUT2D eigenvalue weighted by molar-refractivity contribution is -0.354. The predicted octanol–water partition coefficient (Wildman–Crippen LogP) is -1.22. The molecule has 12 N–H and O–H groups in total. The van der Waals surface area contributed by atoms with E-state index in [1.807, 2.05) is 0 Å². The van der Waals surface area contributed by atoms with Gasteiger partial charge in [0.2, 0.25) is 23.8 Å². The number of esters is 1. The summed E-state index contributed by atoms with van der Waals surface area (Å²) in [4.78, 5) is 27.2. The van der Waals surface area contributed by atoms with Crippen LogP contribution in [0.15, 0.2) is 69.9 Å². The van der Waals surface area contributed by atoms with Gasteiger partial charge in [0.15, 0.2) is 29.7 Å². The summed E-state index contributed by atoms with van der Waals surface area (Å²) < 4.78 is 46.1. The summed E-state index contributed by atoms with van der Waals surface area (Å²) in [6.07, 6.45) is -23.1. The standard InChI is InChI=1S/C42H46O22/c1-15-28(48)32(52)35(55)40(58-15)60-20-12-23(46)27-24(13-20)61-37(18-5-7-19(43)8-6-18)38(31(27)51)63-42-39(64-41-36(56)33(53)29(49)16(2)59-41)34(54)30(50)25(62-42)14-57-26(47)10-4-17-3-9-21(44)22(45)11-17/h3-13,15-16,25,28-30,32-36,39-46,48-50,52-56H,14H2,1-2H3/b10-4+/t15?,16?,25?,28-,29-,30+,32?,33?,34?,35-,36-,39-,40-,41?,42-/m0/s1. The van der Waals surface area contributed by atoms with Crippen LogP contribution in [0.4, 0.5) is 0 Å². The third kappa shape index (κ3) is 9.44. The summed E-state index contributed by atoms with van der Waals surface area (Å²) >= 11 is 0. The fraction of sp³-hybridized carbons (Fsp3) is 0.429. The number of aromatic hydroxyl groups is 4. The van der Waals surface area contributed by atoms with Gasteiger partial charge in [-0.25, -0.2) is 4.79 Å². The Bertz CT molecular complexity index is 2390. The van der Waals surface area contributed by atoms with Gasteiger partial charge < -0.3 is 98.9 Å². The first-order valence-electron chi connectivity index (χ1n) is 19.7. The summed E-state index contributed by atoms with van der Waals surface area (Å²) in [5.41, 5.74) is -1.07. The Hall–Kier alpha value is -5.60. The fourth-order valence-corrected chi connectivity index (χ4v) is 7.18. The molecule has 22 nitrogen and oxygen atoms in total. The number of carbonyl (C=O) groups is 1. The molecule has 0 saturated carbocycles. The maximum Gasteiger partial charge on any atom is 0.330 e. The zero-order valence-electron chi connectivity index (χ0n) is 33.7. The monoisotopic (exact) mass is 902 g/mol. The van der Waals surface area contributed by atoms with Crippen LogP contribution >= 0.6 is 0 Å². The number of benzene rings is 3. The van der Waals surface area contributed by atoms with E-state index >= 15 is 0 Å². The average Bonchev–Trinajstić information content (AvgIpc) is 3.26. The summed E-state index contributed by atoms with van der Waals surface area (Å²) in [7, 11) is 0. The molecule has 346 valence electrons. The second kappa shape index (κ2) is 18.9. The molecule has 7 rings (SSSR count). The molecule has 7 unspecified atom stereocenters. The maximum absolute atomic E-state index is 14.5. The fourth-order valence-electron chi connectivity index (χ4n) is 7.18. The minimum absolute atomic E-state index is 0.0691. The van der Waals surface area contributed by atoms with Crippen LogP contribution in [-0.2, 0) is 28.5 Å². The number of aliphatic hydroxyl groups is 8. The van der Waals surface area contributed by atoms with Crippen molar-refractivity contribution in [1.29, 1.82) is 0 Å². The van der Waals surface area contributed by atoms with Crippen LogP contribution in [0.2, 0.25) is 0 Å². The molecular weight excluding hydrogens is 856 g/mol. The van der Waals surface area contributed by atoms with Crippen LogP contribution < -0.4 is 14.9 Å². The quantitative estimate of drug-likeness (QED) is 0.0477. The number of aliphatic hydroxyl groups excluding tert-OH is 8. The summed E-state index contributed by atoms with van der Waals surface area (Å²) in [5, 5.41) is 125. The van der Waals surface area contributed by atoms with Gasteiger partial charge in [0.1, 0.15) is 89.8 Å². The predicted molar refractivity (Wildman–Crippen MR) is 213 cm³/mol. The molecule has 15 atom stereocenters. The van der Waals surface area contributed by atoms with Crippen LogP contribution in [-0.4, -0.2) is 166 Å². The Morgan fingerprint density at radius 1 is 0.656 bits per heavy atom. The third-order valence-electron chi connectivity index (χ3n) is 10.9. The van der Waals surface area contributed by atoms with Crippen LogP contribution in [0.3, 0.4) is 0 Å². The Labute approximate surface area is 361 Å². The first kappa shape index (κ1) is 46.4. The van der Waals surface area contributed by atoms with Crippen molar-refractivity contribution in [2.45, 2.75) is 106 Å². The molecule has 0 aliphatic carbocycles. The first-order chi connectivity index (χ1) is 30.3. The third-order valence-corrected chi connectivity index (χ3v) is 10.9. The number of ether oxygens (including phenoxy) is 7. The summed E-state index contributed by atoms with van der Waals surface area (Å²) in [6.45, 7) is 2.00. The van der Waals surface area contributed by atoms with Gasteiger partial charge in [0.25, 0.3) is 0 Å². The lowest BCUT2D eigenvalue weighted by Crippen LogP contribution is -2.64. The summed E-state index contributed by atoms with van der Waals surface area (Å²) in [5.74, 6) is -4.17. The highest BCUT2D eigenvalue weighted by Crippen LogP contribution is 2.39. The largest absolute Gasteiger partial charge is 0.508 e. The van der Waals surface area contributed by atoms with Gasteiger partial charge in [-0.05, 0) is 61.9 Å². The van der Waals surface area contributed by atoms with Crippen molar-refractivity contribution in [3.05, 3.63) is 76.5 Å². The zero-order chi connectivity index (χ0) is 46.3. The minimum atomic E-state index is -2.06. The van der Waals surface area contributed by atoms with Crippen LogP contribution in [0, 0.1) is 0 Å². The first-order valence-corrected chi connectivity index (χ1v) is 19.7. The highest BCUT2D eigenvalue weighted by molar-refractivity contribution is 5.88. The molecule has 4 aromatic rings. The number of fused-ring (bicyclic) bond motifs is 1. The Balaban J connectivity index is 1.24. The smallest absolute Gasteiger partial charge is 0.330 e. The summed E-state index contributed by atoms with van der Waals surface area (Å²) in [6, 6.07) is 10.9. The van der Waals surface area contributed by atoms with Crippen molar-refractivity contribution in [1.82, 2.24) is 0 Å². The number of rotatable bonds is 11. The van der Waals surface area contributed by atoms with E-state index in [1.54, 1.807) is 0 Å². The van der Waals surface area contributed by atoms with Crippen LogP contribution in [0.1, 0.15) is 19.4 Å². The van der Waals surface area contributed by atoms with Gasteiger partial charge in [-0.2, -0.15) is 0 Å². The minimum Gasteiger partial charge on any atom is -0.508 e. The highest BCUT2D eigenvalue weighted by atomic mass is 16.8. The molecule has 3 fully saturated rings. The van der Waals surface area contributed by atoms with Gasteiger partial charge in [-0.15, -0.1) is 0 Å². The highest BCUT2D eigenvalue weighted by Gasteiger charge is 2.52. The van der Waals surface area contributed by atoms with Crippen LogP contribution in [0.5, 0.6) is 34.5 Å². The number of hydrogen-bond acceptors (Lipinski definition) is 22. The van der Waals surface area contributed by atoms with Crippen molar-refractivity contribution in [2.24, 2.45) is 0 Å². The normalized spacial score (nSPS) is 33.2. The number of phenolic OH excluding ortho intramolecular Hbond substituents is 4. The molecule has 3 aliphatic rings. The van der Waals surface area contributed by atoms with Crippen molar-refractivity contribution in [3.63, 3.8) is 0 Å². The lowest BCUT2D eigenvalue weighted by atomic mass is 9.97. The van der Waals surface area contributed by atoms with Crippen molar-refractivity contribution < 1.29 is 104 Å². The van der Waals surface area contributed by atoms with E-state index in [9.17, 15) is 70.9 Å².